The minimum Gasteiger partial charge on any atom is -0.368 e. The molecule has 1 amide bonds. The van der Waals surface area contributed by atoms with Crippen molar-refractivity contribution in [3.63, 3.8) is 0 Å². The third kappa shape index (κ3) is 4.94. The molecule has 0 aliphatic heterocycles. The molecule has 2 heterocycles. The molecule has 9 nitrogen and oxygen atoms in total. The maximum absolute atomic E-state index is 13.4. The molecule has 2 aromatic carbocycles. The van der Waals surface area contributed by atoms with E-state index < -0.39 is 6.04 Å². The third-order valence-corrected chi connectivity index (χ3v) is 6.23. The molecule has 0 aliphatic rings. The first-order chi connectivity index (χ1) is 16.6. The second kappa shape index (κ2) is 10.7. The Morgan fingerprint density at radius 1 is 1.15 bits per heavy atom. The highest BCUT2D eigenvalue weighted by Crippen LogP contribution is 2.28. The van der Waals surface area contributed by atoms with Crippen LogP contribution < -0.4 is 11.1 Å². The quantitative estimate of drug-likeness (QED) is 0.354. The fourth-order valence-electron chi connectivity index (χ4n) is 3.59. The number of hydrogen-bond acceptors (Lipinski definition) is 7. The lowest BCUT2D eigenvalue weighted by Crippen LogP contribution is -2.28. The molecule has 3 N–H and O–H groups in total. The van der Waals surface area contributed by atoms with E-state index in [4.69, 9.17) is 5.73 Å². The van der Waals surface area contributed by atoms with Crippen LogP contribution in [0.4, 0.5) is 11.8 Å². The van der Waals surface area contributed by atoms with E-state index in [0.29, 0.717) is 17.4 Å². The first-order valence-electron chi connectivity index (χ1n) is 10.8. The van der Waals surface area contributed by atoms with E-state index in [-0.39, 0.29) is 17.4 Å². The van der Waals surface area contributed by atoms with Crippen LogP contribution in [0.3, 0.4) is 0 Å². The molecule has 34 heavy (non-hydrogen) atoms. The van der Waals surface area contributed by atoms with Gasteiger partial charge in [-0.15, -0.1) is 10.2 Å². The van der Waals surface area contributed by atoms with Gasteiger partial charge in [-0.05, 0) is 30.5 Å². The van der Waals surface area contributed by atoms with Crippen molar-refractivity contribution in [2.24, 2.45) is 0 Å². The Morgan fingerprint density at radius 2 is 1.85 bits per heavy atom. The zero-order valence-corrected chi connectivity index (χ0v) is 19.4. The van der Waals surface area contributed by atoms with Gasteiger partial charge in [0.25, 0.3) is 0 Å². The minimum absolute atomic E-state index is 0.168. The Kier molecular flexibility index (Phi) is 7.25. The molecule has 0 spiro atoms. The molecule has 0 saturated heterocycles. The van der Waals surface area contributed by atoms with Crippen molar-refractivity contribution in [2.75, 3.05) is 16.8 Å². The lowest BCUT2D eigenvalue weighted by Gasteiger charge is -2.19. The number of para-hydroxylation sites is 1. The summed E-state index contributed by atoms with van der Waals surface area (Å²) in [7, 11) is 0. The predicted molar refractivity (Wildman–Crippen MR) is 132 cm³/mol. The van der Waals surface area contributed by atoms with Crippen LogP contribution in [0.15, 0.2) is 72.0 Å². The summed E-state index contributed by atoms with van der Waals surface area (Å²) in [4.78, 5) is 13.4. The topological polar surface area (TPSA) is 127 Å². The molecule has 2 aromatic heterocycles. The van der Waals surface area contributed by atoms with Crippen molar-refractivity contribution in [3.05, 3.63) is 78.0 Å². The molecule has 4 aromatic rings. The van der Waals surface area contributed by atoms with Crippen molar-refractivity contribution in [2.45, 2.75) is 31.0 Å². The highest BCUT2D eigenvalue weighted by Gasteiger charge is 2.27. The van der Waals surface area contributed by atoms with E-state index in [9.17, 15) is 10.1 Å². The first kappa shape index (κ1) is 23.1. The Balaban J connectivity index is 1.55. The Hall–Kier alpha value is -4.10. The summed E-state index contributed by atoms with van der Waals surface area (Å²) in [6.45, 7) is 1.89. The smallest absolute Gasteiger partial charge is 0.248 e. The lowest BCUT2D eigenvalue weighted by molar-refractivity contribution is -0.119. The van der Waals surface area contributed by atoms with Crippen molar-refractivity contribution < 1.29 is 4.79 Å². The zero-order valence-electron chi connectivity index (χ0n) is 18.6. The van der Waals surface area contributed by atoms with Gasteiger partial charge >= 0.3 is 0 Å². The summed E-state index contributed by atoms with van der Waals surface area (Å²) in [5, 5.41) is 25.5. The number of carbonyl (C=O) groups excluding carboxylic acids is 1. The van der Waals surface area contributed by atoms with Crippen LogP contribution >= 0.6 is 11.8 Å². The maximum Gasteiger partial charge on any atom is 0.248 e. The monoisotopic (exact) mass is 472 g/mol. The number of nitrogens with zero attached hydrogens (tertiary/aromatic N) is 6. The van der Waals surface area contributed by atoms with E-state index in [1.54, 1.807) is 4.57 Å². The van der Waals surface area contributed by atoms with Gasteiger partial charge in [-0.3, -0.25) is 9.36 Å². The van der Waals surface area contributed by atoms with Gasteiger partial charge in [0.1, 0.15) is 17.7 Å². The molecule has 0 aliphatic carbocycles. The second-order valence-corrected chi connectivity index (χ2v) is 8.54. The fourth-order valence-corrected chi connectivity index (χ4v) is 4.56. The van der Waals surface area contributed by atoms with Gasteiger partial charge in [0.05, 0.1) is 11.9 Å². The van der Waals surface area contributed by atoms with Crippen molar-refractivity contribution in [1.29, 1.82) is 5.26 Å². The van der Waals surface area contributed by atoms with Crippen LogP contribution in [-0.4, -0.2) is 36.2 Å². The third-order valence-electron chi connectivity index (χ3n) is 5.29. The molecular formula is C24H24N8OS. The van der Waals surface area contributed by atoms with Crippen LogP contribution in [0.25, 0.3) is 5.69 Å². The molecule has 0 saturated carbocycles. The molecule has 0 fully saturated rings. The number of benzene rings is 2. The highest BCUT2D eigenvalue weighted by molar-refractivity contribution is 7.99. The summed E-state index contributed by atoms with van der Waals surface area (Å²) >= 11 is 1.50. The van der Waals surface area contributed by atoms with Gasteiger partial charge in [0.2, 0.25) is 11.9 Å². The van der Waals surface area contributed by atoms with Crippen LogP contribution in [0.5, 0.6) is 0 Å². The molecule has 172 valence electrons. The second-order valence-electron chi connectivity index (χ2n) is 7.47. The average molecular weight is 473 g/mol. The molecule has 0 radical (unpaired) electrons. The maximum atomic E-state index is 13.4. The fraction of sp³-hybridized carbons (Fsp3) is 0.208. The number of carbonyl (C=O) groups is 1. The van der Waals surface area contributed by atoms with E-state index in [1.807, 2.05) is 55.5 Å². The number of aromatic nitrogens is 5. The molecule has 0 bridgehead atoms. The number of nitrogens with one attached hydrogen (secondary N) is 1. The summed E-state index contributed by atoms with van der Waals surface area (Å²) in [6, 6.07) is 20.9. The Bertz CT molecular complexity index is 1290. The van der Waals surface area contributed by atoms with Crippen LogP contribution in [-0.2, 0) is 11.2 Å². The summed E-state index contributed by atoms with van der Waals surface area (Å²) in [5.41, 5.74) is 8.33. The van der Waals surface area contributed by atoms with Gasteiger partial charge in [-0.2, -0.15) is 10.4 Å². The molecular weight excluding hydrogens is 448 g/mol. The van der Waals surface area contributed by atoms with Crippen molar-refractivity contribution >= 4 is 29.4 Å². The number of hydrogen-bond donors (Lipinski definition) is 2. The van der Waals surface area contributed by atoms with E-state index >= 15 is 0 Å². The van der Waals surface area contributed by atoms with Gasteiger partial charge in [0, 0.05) is 5.75 Å². The predicted octanol–water partition coefficient (Wildman–Crippen LogP) is 3.84. The standard InChI is InChI=1S/C24H24N8OS/c1-2-20(31-23(26)29-30-24(31)34-14-13-17-9-5-3-6-10-17)22(33)28-21-18(15-25)16-27-32(21)19-11-7-4-8-12-19/h3-12,16,20H,2,13-14H2,1H3,(H2,26,29)(H,28,33). The van der Waals surface area contributed by atoms with E-state index in [0.717, 1.165) is 17.9 Å². The highest BCUT2D eigenvalue weighted by atomic mass is 32.2. The minimum atomic E-state index is -0.653. The van der Waals surface area contributed by atoms with Crippen LogP contribution in [0.2, 0.25) is 0 Å². The molecule has 1 unspecified atom stereocenters. The average Bonchev–Trinajstić information content (AvgIpc) is 3.44. The Labute approximate surface area is 201 Å². The summed E-state index contributed by atoms with van der Waals surface area (Å²) < 4.78 is 3.19. The van der Waals surface area contributed by atoms with Gasteiger partial charge in [-0.25, -0.2) is 4.68 Å². The number of rotatable bonds is 9. The van der Waals surface area contributed by atoms with Crippen LogP contribution in [0, 0.1) is 11.3 Å². The number of thioether (sulfide) groups is 1. The van der Waals surface area contributed by atoms with Gasteiger partial charge in [-0.1, -0.05) is 67.2 Å². The van der Waals surface area contributed by atoms with Crippen LogP contribution in [0.1, 0.15) is 30.5 Å². The van der Waals surface area contributed by atoms with Crippen molar-refractivity contribution in [3.8, 4) is 11.8 Å². The zero-order chi connectivity index (χ0) is 23.9. The normalized spacial score (nSPS) is 11.6. The van der Waals surface area contributed by atoms with Crippen molar-refractivity contribution in [1.82, 2.24) is 24.5 Å². The first-order valence-corrected chi connectivity index (χ1v) is 11.8. The summed E-state index contributed by atoms with van der Waals surface area (Å²) in [6.07, 6.45) is 2.74. The number of nitrogens with two attached hydrogens (primary N) is 1. The van der Waals surface area contributed by atoms with E-state index in [1.165, 1.54) is 28.2 Å². The number of amides is 1. The number of nitriles is 1. The number of anilines is 2. The SMILES string of the molecule is CCC(C(=O)Nc1c(C#N)cnn1-c1ccccc1)n1c(N)nnc1SCCc1ccccc1. The number of nitrogen functional groups attached to an aromatic ring is 1. The summed E-state index contributed by atoms with van der Waals surface area (Å²) in [5.74, 6) is 0.913. The Morgan fingerprint density at radius 3 is 2.53 bits per heavy atom. The lowest BCUT2D eigenvalue weighted by atomic mass is 10.2. The molecule has 4 rings (SSSR count). The van der Waals surface area contributed by atoms with Gasteiger partial charge < -0.3 is 11.1 Å². The van der Waals surface area contributed by atoms with Gasteiger partial charge in [0.15, 0.2) is 11.0 Å². The molecule has 10 heteroatoms. The van der Waals surface area contributed by atoms with E-state index in [2.05, 4.69) is 38.8 Å². The number of aryl methyl sites for hydroxylation is 1. The molecule has 1 atom stereocenters. The largest absolute Gasteiger partial charge is 0.368 e.